The van der Waals surface area contributed by atoms with E-state index in [1.807, 2.05) is 0 Å². The minimum atomic E-state index is 0.118. The molecule has 0 radical (unpaired) electrons. The van der Waals surface area contributed by atoms with Gasteiger partial charge in [0.05, 0.1) is 5.71 Å². The zero-order valence-electron chi connectivity index (χ0n) is 11.7. The lowest BCUT2D eigenvalue weighted by Gasteiger charge is -2.38. The fraction of sp³-hybridized carbons (Fsp3) is 0.471. The van der Waals surface area contributed by atoms with Crippen LogP contribution in [0.5, 0.6) is 0 Å². The van der Waals surface area contributed by atoms with Crippen LogP contribution >= 0.6 is 0 Å². The molecule has 1 aromatic carbocycles. The average molecular weight is 254 g/mol. The Morgan fingerprint density at radius 2 is 1.84 bits per heavy atom. The largest absolute Gasteiger partial charge is 0.286 e. The molecule has 0 aromatic heterocycles. The standard InChI is InChI=1S/C17H22N2/c1-17-12-8-3-2-7-11-15(17)13-18-19-16(17)14-9-5-4-6-10-14/h4-6,9-10,13,18H,2-3,7-8,11-12H2,1H3. The average Bonchev–Trinajstić information content (AvgIpc) is 2.42. The van der Waals surface area contributed by atoms with Gasteiger partial charge in [-0.15, -0.1) is 0 Å². The SMILES string of the molecule is CC12CCCCCCC1=CNN=C2c1ccccc1. The summed E-state index contributed by atoms with van der Waals surface area (Å²) in [5.41, 5.74) is 7.25. The van der Waals surface area contributed by atoms with E-state index in [2.05, 4.69) is 54.0 Å². The highest BCUT2D eigenvalue weighted by molar-refractivity contribution is 6.06. The Kier molecular flexibility index (Phi) is 3.41. The van der Waals surface area contributed by atoms with Gasteiger partial charge in [-0.1, -0.05) is 56.5 Å². The maximum atomic E-state index is 4.62. The van der Waals surface area contributed by atoms with Crippen molar-refractivity contribution in [2.75, 3.05) is 0 Å². The molecule has 2 heteroatoms. The van der Waals surface area contributed by atoms with E-state index >= 15 is 0 Å². The highest BCUT2D eigenvalue weighted by atomic mass is 15.3. The van der Waals surface area contributed by atoms with Crippen LogP contribution in [0.3, 0.4) is 0 Å². The lowest BCUT2D eigenvalue weighted by Crippen LogP contribution is -2.36. The molecule has 2 nitrogen and oxygen atoms in total. The summed E-state index contributed by atoms with van der Waals surface area (Å²) in [5, 5.41) is 4.62. The van der Waals surface area contributed by atoms with Crippen LogP contribution in [0.2, 0.25) is 0 Å². The molecule has 1 unspecified atom stereocenters. The van der Waals surface area contributed by atoms with Crippen LogP contribution in [-0.4, -0.2) is 5.71 Å². The van der Waals surface area contributed by atoms with Crippen LogP contribution < -0.4 is 5.43 Å². The Morgan fingerprint density at radius 1 is 1.05 bits per heavy atom. The number of benzene rings is 1. The summed E-state index contributed by atoms with van der Waals surface area (Å²) < 4.78 is 0. The van der Waals surface area contributed by atoms with E-state index in [1.54, 1.807) is 0 Å². The van der Waals surface area contributed by atoms with Gasteiger partial charge in [0, 0.05) is 11.6 Å². The molecule has 1 saturated carbocycles. The van der Waals surface area contributed by atoms with Gasteiger partial charge in [-0.05, 0) is 30.4 Å². The summed E-state index contributed by atoms with van der Waals surface area (Å²) in [6.07, 6.45) is 9.90. The summed E-state index contributed by atoms with van der Waals surface area (Å²) in [6.45, 7) is 2.37. The number of hydrogen-bond acceptors (Lipinski definition) is 2. The molecule has 1 aromatic rings. The van der Waals surface area contributed by atoms with Gasteiger partial charge in [-0.3, -0.25) is 5.43 Å². The highest BCUT2D eigenvalue weighted by Gasteiger charge is 2.37. The first-order chi connectivity index (χ1) is 9.31. The Balaban J connectivity index is 1.98. The zero-order valence-corrected chi connectivity index (χ0v) is 11.7. The first-order valence-electron chi connectivity index (χ1n) is 7.39. The molecule has 1 aliphatic heterocycles. The van der Waals surface area contributed by atoms with E-state index in [-0.39, 0.29) is 5.41 Å². The molecule has 100 valence electrons. The van der Waals surface area contributed by atoms with Crippen molar-refractivity contribution >= 4 is 5.71 Å². The molecule has 3 rings (SSSR count). The summed E-state index contributed by atoms with van der Waals surface area (Å²) in [4.78, 5) is 0. The normalized spacial score (nSPS) is 27.2. The third-order valence-corrected chi connectivity index (χ3v) is 4.57. The summed E-state index contributed by atoms with van der Waals surface area (Å²) in [7, 11) is 0. The summed E-state index contributed by atoms with van der Waals surface area (Å²) in [5.74, 6) is 0. The predicted molar refractivity (Wildman–Crippen MR) is 80.0 cm³/mol. The summed E-state index contributed by atoms with van der Waals surface area (Å²) >= 11 is 0. The maximum Gasteiger partial charge on any atom is 0.0779 e. The van der Waals surface area contributed by atoms with Crippen LogP contribution in [-0.2, 0) is 0 Å². The van der Waals surface area contributed by atoms with Crippen molar-refractivity contribution < 1.29 is 0 Å². The van der Waals surface area contributed by atoms with Gasteiger partial charge in [-0.2, -0.15) is 5.10 Å². The lowest BCUT2D eigenvalue weighted by atomic mass is 9.69. The van der Waals surface area contributed by atoms with E-state index in [9.17, 15) is 0 Å². The van der Waals surface area contributed by atoms with E-state index in [1.165, 1.54) is 55.4 Å². The highest BCUT2D eigenvalue weighted by Crippen LogP contribution is 2.42. The molecule has 1 atom stereocenters. The second-order valence-corrected chi connectivity index (χ2v) is 5.87. The molecule has 19 heavy (non-hydrogen) atoms. The first-order valence-corrected chi connectivity index (χ1v) is 7.39. The van der Waals surface area contributed by atoms with E-state index in [4.69, 9.17) is 0 Å². The zero-order chi connectivity index (χ0) is 13.1. The van der Waals surface area contributed by atoms with Crippen molar-refractivity contribution in [1.82, 2.24) is 5.43 Å². The smallest absolute Gasteiger partial charge is 0.0779 e. The number of hydrazone groups is 1. The van der Waals surface area contributed by atoms with Crippen molar-refractivity contribution in [2.24, 2.45) is 10.5 Å². The summed E-state index contributed by atoms with van der Waals surface area (Å²) in [6, 6.07) is 10.6. The van der Waals surface area contributed by atoms with Gasteiger partial charge in [0.2, 0.25) is 0 Å². The molecule has 1 heterocycles. The van der Waals surface area contributed by atoms with Crippen molar-refractivity contribution in [3.05, 3.63) is 47.7 Å². The molecule has 1 N–H and O–H groups in total. The van der Waals surface area contributed by atoms with Gasteiger partial charge >= 0.3 is 0 Å². The molecule has 2 aliphatic rings. The Labute approximate surface area is 115 Å². The molecular weight excluding hydrogens is 232 g/mol. The van der Waals surface area contributed by atoms with Crippen LogP contribution in [0.1, 0.15) is 51.0 Å². The van der Waals surface area contributed by atoms with Gasteiger partial charge in [-0.25, -0.2) is 0 Å². The molecular formula is C17H22N2. The molecule has 1 fully saturated rings. The van der Waals surface area contributed by atoms with Gasteiger partial charge < -0.3 is 0 Å². The third kappa shape index (κ3) is 2.32. The quantitative estimate of drug-likeness (QED) is 0.796. The number of allylic oxidation sites excluding steroid dienone is 1. The Hall–Kier alpha value is -1.57. The van der Waals surface area contributed by atoms with Gasteiger partial charge in [0.1, 0.15) is 0 Å². The second-order valence-electron chi connectivity index (χ2n) is 5.87. The number of rotatable bonds is 1. The maximum absolute atomic E-state index is 4.62. The molecule has 0 bridgehead atoms. The van der Waals surface area contributed by atoms with E-state index in [0.717, 1.165) is 0 Å². The molecule has 1 aliphatic carbocycles. The van der Waals surface area contributed by atoms with Crippen molar-refractivity contribution in [3.63, 3.8) is 0 Å². The molecule has 0 spiro atoms. The minimum Gasteiger partial charge on any atom is -0.286 e. The lowest BCUT2D eigenvalue weighted by molar-refractivity contribution is 0.411. The molecule has 0 saturated heterocycles. The van der Waals surface area contributed by atoms with Crippen LogP contribution in [0.15, 0.2) is 47.2 Å². The van der Waals surface area contributed by atoms with Crippen molar-refractivity contribution in [3.8, 4) is 0 Å². The number of nitrogens with zero attached hydrogens (tertiary/aromatic N) is 1. The molecule has 0 amide bonds. The minimum absolute atomic E-state index is 0.118. The van der Waals surface area contributed by atoms with Crippen LogP contribution in [0, 0.1) is 5.41 Å². The fourth-order valence-corrected chi connectivity index (χ4v) is 3.36. The monoisotopic (exact) mass is 254 g/mol. The number of fused-ring (bicyclic) bond motifs is 1. The number of nitrogens with one attached hydrogen (secondary N) is 1. The Morgan fingerprint density at radius 3 is 2.68 bits per heavy atom. The van der Waals surface area contributed by atoms with Gasteiger partial charge in [0.15, 0.2) is 0 Å². The van der Waals surface area contributed by atoms with Crippen molar-refractivity contribution in [1.29, 1.82) is 0 Å². The number of hydrogen-bond donors (Lipinski definition) is 1. The Bertz CT molecular complexity index is 501. The second kappa shape index (κ2) is 5.20. The predicted octanol–water partition coefficient (Wildman–Crippen LogP) is 4.24. The van der Waals surface area contributed by atoms with Crippen molar-refractivity contribution in [2.45, 2.75) is 45.4 Å². The van der Waals surface area contributed by atoms with E-state index in [0.29, 0.717) is 0 Å². The first kappa shape index (κ1) is 12.5. The van der Waals surface area contributed by atoms with Gasteiger partial charge in [0.25, 0.3) is 0 Å². The van der Waals surface area contributed by atoms with Crippen LogP contribution in [0.25, 0.3) is 0 Å². The fourth-order valence-electron chi connectivity index (χ4n) is 3.36. The van der Waals surface area contributed by atoms with Crippen LogP contribution in [0.4, 0.5) is 0 Å². The van der Waals surface area contributed by atoms with E-state index < -0.39 is 0 Å². The third-order valence-electron chi connectivity index (χ3n) is 4.57. The topological polar surface area (TPSA) is 24.4 Å².